The van der Waals surface area contributed by atoms with Gasteiger partial charge < -0.3 is 18.9 Å². The van der Waals surface area contributed by atoms with Crippen LogP contribution in [-0.2, 0) is 23.7 Å². The molecule has 5 nitrogen and oxygen atoms in total. The van der Waals surface area contributed by atoms with Gasteiger partial charge in [-0.25, -0.2) is 0 Å². The number of methoxy groups -OCH3 is 3. The van der Waals surface area contributed by atoms with Gasteiger partial charge in [0.05, 0.1) is 0 Å². The summed E-state index contributed by atoms with van der Waals surface area (Å²) >= 11 is 0. The Morgan fingerprint density at radius 3 is 2.53 bits per heavy atom. The maximum Gasteiger partial charge on any atom is 0.239 e. The molecule has 4 rings (SSSR count). The average Bonchev–Trinajstić information content (AvgIpc) is 2.91. The van der Waals surface area contributed by atoms with E-state index < -0.39 is 11.4 Å². The van der Waals surface area contributed by atoms with Crippen LogP contribution in [0.4, 0.5) is 0 Å². The summed E-state index contributed by atoms with van der Waals surface area (Å²) in [5.41, 5.74) is 0.00310. The third kappa shape index (κ3) is 1.31. The number of hydrogen-bond acceptors (Lipinski definition) is 5. The number of rotatable bonds is 3. The van der Waals surface area contributed by atoms with E-state index >= 15 is 0 Å². The zero-order valence-corrected chi connectivity index (χ0v) is 11.8. The van der Waals surface area contributed by atoms with Gasteiger partial charge in [0.1, 0.15) is 6.10 Å². The molecule has 2 fully saturated rings. The van der Waals surface area contributed by atoms with E-state index in [-0.39, 0.29) is 23.7 Å². The van der Waals surface area contributed by atoms with Crippen molar-refractivity contribution in [3.63, 3.8) is 0 Å². The van der Waals surface area contributed by atoms with E-state index in [9.17, 15) is 4.79 Å². The number of ketones is 1. The molecule has 2 bridgehead atoms. The van der Waals surface area contributed by atoms with E-state index in [1.165, 1.54) is 14.2 Å². The molecule has 1 heterocycles. The van der Waals surface area contributed by atoms with E-state index in [4.69, 9.17) is 18.9 Å². The molecule has 5 heteroatoms. The molecule has 1 saturated carbocycles. The molecule has 4 aliphatic rings. The van der Waals surface area contributed by atoms with Crippen LogP contribution in [0.2, 0.25) is 0 Å². The monoisotopic (exact) mass is 268 g/mol. The highest BCUT2D eigenvalue weighted by Crippen LogP contribution is 2.56. The minimum absolute atomic E-state index is 0.0977. The van der Waals surface area contributed by atoms with Gasteiger partial charge in [0, 0.05) is 39.8 Å². The van der Waals surface area contributed by atoms with Crippen LogP contribution in [0.5, 0.6) is 0 Å². The molecule has 19 heavy (non-hydrogen) atoms. The molecule has 0 N–H and O–H groups in total. The van der Waals surface area contributed by atoms with Crippen LogP contribution in [0.3, 0.4) is 0 Å². The van der Waals surface area contributed by atoms with Crippen LogP contribution in [0.1, 0.15) is 13.3 Å². The molecule has 0 spiro atoms. The zero-order chi connectivity index (χ0) is 13.8. The number of carbonyl (C=O) groups excluding carboxylic acids is 1. The first-order valence-corrected chi connectivity index (χ1v) is 6.58. The molecule has 106 valence electrons. The third-order valence-electron chi connectivity index (χ3n) is 4.95. The molecule has 0 aromatic rings. The van der Waals surface area contributed by atoms with E-state index in [2.05, 4.69) is 0 Å². The van der Waals surface area contributed by atoms with E-state index in [1.54, 1.807) is 7.11 Å². The normalized spacial score (nSPS) is 43.3. The van der Waals surface area contributed by atoms with Gasteiger partial charge in [-0.05, 0) is 19.4 Å². The topological polar surface area (TPSA) is 54.0 Å². The van der Waals surface area contributed by atoms with Crippen LogP contribution in [0, 0.1) is 11.8 Å². The van der Waals surface area contributed by atoms with Crippen molar-refractivity contribution in [3.05, 3.63) is 11.6 Å². The van der Waals surface area contributed by atoms with Crippen LogP contribution < -0.4 is 0 Å². The fourth-order valence-electron chi connectivity index (χ4n) is 4.22. The number of hydrogen-bond donors (Lipinski definition) is 0. The standard InChI is InChI=1S/C14H20O5/c1-8-7-13(16-2)11-9(5-6-19-11)10(8)14(17-3,18-4)12(13)15/h7,9-11H,5-6H2,1-4H3/t9-,10+,11-,13+/m1/s1. The van der Waals surface area contributed by atoms with Crippen molar-refractivity contribution in [3.8, 4) is 0 Å². The minimum atomic E-state index is -1.25. The zero-order valence-electron chi connectivity index (χ0n) is 11.8. The Kier molecular flexibility index (Phi) is 2.87. The quantitative estimate of drug-likeness (QED) is 0.563. The predicted octanol–water partition coefficient (Wildman–Crippen LogP) is 0.925. The minimum Gasteiger partial charge on any atom is -0.374 e. The molecule has 0 radical (unpaired) electrons. The Labute approximate surface area is 112 Å². The summed E-state index contributed by atoms with van der Waals surface area (Å²) in [5, 5.41) is 0. The van der Waals surface area contributed by atoms with Crippen LogP contribution >= 0.6 is 0 Å². The summed E-state index contributed by atoms with van der Waals surface area (Å²) in [6, 6.07) is 0. The second-order valence-electron chi connectivity index (χ2n) is 5.51. The smallest absolute Gasteiger partial charge is 0.239 e. The van der Waals surface area contributed by atoms with Gasteiger partial charge in [0.2, 0.25) is 11.6 Å². The highest BCUT2D eigenvalue weighted by molar-refractivity contribution is 5.99. The number of ether oxygens (including phenoxy) is 4. The Bertz CT molecular complexity index is 439. The summed E-state index contributed by atoms with van der Waals surface area (Å²) in [7, 11) is 4.58. The highest BCUT2D eigenvalue weighted by atomic mass is 16.7. The molecule has 1 aliphatic heterocycles. The molecule has 1 saturated heterocycles. The first kappa shape index (κ1) is 13.2. The molecular formula is C14H20O5. The van der Waals surface area contributed by atoms with Gasteiger partial charge in [-0.2, -0.15) is 0 Å². The number of carbonyl (C=O) groups is 1. The Morgan fingerprint density at radius 1 is 1.26 bits per heavy atom. The van der Waals surface area contributed by atoms with Crippen molar-refractivity contribution in [2.24, 2.45) is 11.8 Å². The number of fused-ring (bicyclic) bond motifs is 1. The summed E-state index contributed by atoms with van der Waals surface area (Å²) in [6.45, 7) is 2.65. The maximum absolute atomic E-state index is 12.9. The van der Waals surface area contributed by atoms with E-state index in [1.807, 2.05) is 13.0 Å². The van der Waals surface area contributed by atoms with Crippen LogP contribution in [0.25, 0.3) is 0 Å². The van der Waals surface area contributed by atoms with Crippen LogP contribution in [0.15, 0.2) is 11.6 Å². The summed E-state index contributed by atoms with van der Waals surface area (Å²) < 4.78 is 22.5. The predicted molar refractivity (Wildman–Crippen MR) is 66.6 cm³/mol. The van der Waals surface area contributed by atoms with Gasteiger partial charge in [0.15, 0.2) is 5.60 Å². The lowest BCUT2D eigenvalue weighted by atomic mass is 9.57. The molecule has 0 amide bonds. The molecular weight excluding hydrogens is 248 g/mol. The van der Waals surface area contributed by atoms with Crippen molar-refractivity contribution in [1.29, 1.82) is 0 Å². The van der Waals surface area contributed by atoms with Gasteiger partial charge in [-0.3, -0.25) is 4.79 Å². The summed E-state index contributed by atoms with van der Waals surface area (Å²) in [6.07, 6.45) is 2.56. The third-order valence-corrected chi connectivity index (χ3v) is 4.95. The van der Waals surface area contributed by atoms with Gasteiger partial charge >= 0.3 is 0 Å². The molecule has 0 aromatic carbocycles. The van der Waals surface area contributed by atoms with Crippen molar-refractivity contribution in [1.82, 2.24) is 0 Å². The lowest BCUT2D eigenvalue weighted by molar-refractivity contribution is -0.273. The van der Waals surface area contributed by atoms with Crippen molar-refractivity contribution in [2.75, 3.05) is 27.9 Å². The van der Waals surface area contributed by atoms with Crippen molar-refractivity contribution in [2.45, 2.75) is 30.8 Å². The lowest BCUT2D eigenvalue weighted by Crippen LogP contribution is -2.73. The largest absolute Gasteiger partial charge is 0.374 e. The Hall–Kier alpha value is -0.750. The Morgan fingerprint density at radius 2 is 1.95 bits per heavy atom. The van der Waals surface area contributed by atoms with Crippen molar-refractivity contribution >= 4 is 5.78 Å². The van der Waals surface area contributed by atoms with E-state index in [0.29, 0.717) is 6.61 Å². The second kappa shape index (κ2) is 4.12. The van der Waals surface area contributed by atoms with Gasteiger partial charge in [-0.1, -0.05) is 5.57 Å². The number of Topliss-reactive ketones (excluding diaryl/α,β-unsaturated/α-hetero) is 1. The molecule has 4 atom stereocenters. The van der Waals surface area contributed by atoms with Gasteiger partial charge in [-0.15, -0.1) is 0 Å². The highest BCUT2D eigenvalue weighted by Gasteiger charge is 2.72. The maximum atomic E-state index is 12.9. The average molecular weight is 268 g/mol. The fourth-order valence-corrected chi connectivity index (χ4v) is 4.22. The molecule has 3 aliphatic carbocycles. The summed E-state index contributed by atoms with van der Waals surface area (Å²) in [4.78, 5) is 12.9. The van der Waals surface area contributed by atoms with Crippen LogP contribution in [-0.4, -0.2) is 51.2 Å². The first-order valence-electron chi connectivity index (χ1n) is 6.58. The van der Waals surface area contributed by atoms with Gasteiger partial charge in [0.25, 0.3) is 0 Å². The molecule has 0 unspecified atom stereocenters. The Balaban J connectivity index is 2.22. The van der Waals surface area contributed by atoms with Crippen molar-refractivity contribution < 1.29 is 23.7 Å². The first-order chi connectivity index (χ1) is 9.07. The van der Waals surface area contributed by atoms with E-state index in [0.717, 1.165) is 12.0 Å². The lowest BCUT2D eigenvalue weighted by Gasteiger charge is -2.56. The fraction of sp³-hybridized carbons (Fsp3) is 0.786. The molecule has 0 aromatic heterocycles. The summed E-state index contributed by atoms with van der Waals surface area (Å²) in [5.74, 6) is -1.34. The SMILES string of the molecule is COC1(OC)C(=O)[C@]2(OC)C=C(C)[C@H]1[C@H]1CCO[C@H]12. The second-order valence-corrected chi connectivity index (χ2v) is 5.51.